The van der Waals surface area contributed by atoms with E-state index in [4.69, 9.17) is 6.42 Å². The lowest BCUT2D eigenvalue weighted by molar-refractivity contribution is -0.123. The number of aliphatic hydroxyl groups excluding tert-OH is 2. The molecule has 3 N–H and O–H groups in total. The Labute approximate surface area is 145 Å². The normalized spacial score (nSPS) is 56.5. The highest BCUT2D eigenvalue weighted by atomic mass is 16.3. The van der Waals surface area contributed by atoms with E-state index in [9.17, 15) is 15.3 Å². The second-order valence-corrected chi connectivity index (χ2v) is 9.29. The van der Waals surface area contributed by atoms with Gasteiger partial charge in [0.2, 0.25) is 0 Å². The fourth-order valence-corrected chi connectivity index (χ4v) is 6.88. The van der Waals surface area contributed by atoms with Crippen LogP contribution >= 0.6 is 0 Å². The molecule has 0 aromatic rings. The lowest BCUT2D eigenvalue weighted by atomic mass is 9.46. The van der Waals surface area contributed by atoms with Crippen LogP contribution in [0.25, 0.3) is 0 Å². The van der Waals surface area contributed by atoms with E-state index in [0.717, 1.165) is 32.1 Å². The summed E-state index contributed by atoms with van der Waals surface area (Å²) in [6.45, 7) is 4.47. The smallest absolute Gasteiger partial charge is 0.130 e. The first-order valence-corrected chi connectivity index (χ1v) is 9.53. The van der Waals surface area contributed by atoms with Gasteiger partial charge in [0.15, 0.2) is 0 Å². The second kappa shape index (κ2) is 5.10. The van der Waals surface area contributed by atoms with Crippen LogP contribution in [0.15, 0.2) is 11.6 Å². The molecule has 3 saturated carbocycles. The summed E-state index contributed by atoms with van der Waals surface area (Å²) in [6.07, 6.45) is 13.0. The van der Waals surface area contributed by atoms with E-state index in [1.807, 2.05) is 6.08 Å². The first-order chi connectivity index (χ1) is 11.2. The van der Waals surface area contributed by atoms with Gasteiger partial charge in [0.05, 0.1) is 12.2 Å². The predicted octanol–water partition coefficient (Wildman–Crippen LogP) is 2.65. The molecule has 24 heavy (non-hydrogen) atoms. The number of terminal acetylenes is 1. The van der Waals surface area contributed by atoms with Gasteiger partial charge >= 0.3 is 0 Å². The van der Waals surface area contributed by atoms with Crippen molar-refractivity contribution < 1.29 is 15.3 Å². The Morgan fingerprint density at radius 2 is 1.79 bits per heavy atom. The first-order valence-electron chi connectivity index (χ1n) is 9.53. The van der Waals surface area contributed by atoms with Crippen LogP contribution in [0.1, 0.15) is 58.8 Å². The summed E-state index contributed by atoms with van der Waals surface area (Å²) in [5, 5.41) is 32.0. The third kappa shape index (κ3) is 1.91. The summed E-state index contributed by atoms with van der Waals surface area (Å²) in [5.74, 6) is 3.56. The van der Waals surface area contributed by atoms with Crippen molar-refractivity contribution in [1.29, 1.82) is 0 Å². The van der Waals surface area contributed by atoms with E-state index < -0.39 is 11.7 Å². The Hall–Kier alpha value is -0.820. The molecule has 0 aromatic carbocycles. The highest BCUT2D eigenvalue weighted by Crippen LogP contribution is 2.66. The Bertz CT molecular complexity index is 619. The molecule has 0 radical (unpaired) electrons. The molecule has 3 heteroatoms. The Kier molecular flexibility index (Phi) is 3.53. The summed E-state index contributed by atoms with van der Waals surface area (Å²) in [7, 11) is 0. The van der Waals surface area contributed by atoms with Crippen LogP contribution in [-0.4, -0.2) is 33.1 Å². The van der Waals surface area contributed by atoms with E-state index in [-0.39, 0.29) is 28.8 Å². The van der Waals surface area contributed by atoms with Crippen molar-refractivity contribution in [2.24, 2.45) is 28.6 Å². The van der Waals surface area contributed by atoms with E-state index in [0.29, 0.717) is 18.8 Å². The van der Waals surface area contributed by atoms with Gasteiger partial charge in [-0.3, -0.25) is 0 Å². The SMILES string of the molecule is C#CC1(O)CC[C@@H]2[C@H]3C(O)C=C4CC(O)CC[C@@]4(C)[C@@H]3CC[C@]21C. The van der Waals surface area contributed by atoms with Gasteiger partial charge < -0.3 is 15.3 Å². The van der Waals surface area contributed by atoms with Crippen molar-refractivity contribution in [3.8, 4) is 12.3 Å². The number of fused-ring (bicyclic) bond motifs is 5. The molecular weight excluding hydrogens is 300 g/mol. The zero-order valence-electron chi connectivity index (χ0n) is 14.8. The average molecular weight is 330 g/mol. The monoisotopic (exact) mass is 330 g/mol. The fraction of sp³-hybridized carbons (Fsp3) is 0.810. The first kappa shape index (κ1) is 16.6. The molecule has 0 heterocycles. The molecule has 0 aromatic heterocycles. The van der Waals surface area contributed by atoms with Crippen LogP contribution in [0.5, 0.6) is 0 Å². The van der Waals surface area contributed by atoms with E-state index in [1.165, 1.54) is 5.57 Å². The van der Waals surface area contributed by atoms with Crippen LogP contribution in [0.3, 0.4) is 0 Å². The summed E-state index contributed by atoms with van der Waals surface area (Å²) in [6, 6.07) is 0. The standard InChI is InChI=1S/C21H30O3/c1-4-21(24)10-7-16-18-15(6-9-20(16,21)3)19(2)8-5-14(22)11-13(19)12-17(18)23/h1,12,14-18,22-24H,5-11H2,2-3H3/t14?,15-,16-,17?,18+,19-,20-,21?/m1/s1. The van der Waals surface area contributed by atoms with Crippen molar-refractivity contribution in [3.05, 3.63) is 11.6 Å². The number of hydrogen-bond acceptors (Lipinski definition) is 3. The molecule has 0 bridgehead atoms. The highest BCUT2D eigenvalue weighted by Gasteiger charge is 2.64. The molecule has 4 rings (SSSR count). The summed E-state index contributed by atoms with van der Waals surface area (Å²) >= 11 is 0. The van der Waals surface area contributed by atoms with Gasteiger partial charge in [0, 0.05) is 5.41 Å². The molecule has 4 aliphatic carbocycles. The molecule has 0 amide bonds. The average Bonchev–Trinajstić information content (AvgIpc) is 2.82. The fourth-order valence-electron chi connectivity index (χ4n) is 6.88. The van der Waals surface area contributed by atoms with Gasteiger partial charge in [-0.05, 0) is 68.1 Å². The topological polar surface area (TPSA) is 60.7 Å². The molecule has 0 saturated heterocycles. The maximum absolute atomic E-state index is 11.0. The maximum Gasteiger partial charge on any atom is 0.130 e. The zero-order valence-corrected chi connectivity index (χ0v) is 14.8. The summed E-state index contributed by atoms with van der Waals surface area (Å²) in [4.78, 5) is 0. The van der Waals surface area contributed by atoms with Crippen LogP contribution < -0.4 is 0 Å². The lowest BCUT2D eigenvalue weighted by Crippen LogP contribution is -2.57. The van der Waals surface area contributed by atoms with Gasteiger partial charge in [0.1, 0.15) is 5.60 Å². The lowest BCUT2D eigenvalue weighted by Gasteiger charge is -2.59. The number of aliphatic hydroxyl groups is 3. The molecule has 3 fully saturated rings. The predicted molar refractivity (Wildman–Crippen MR) is 92.9 cm³/mol. The highest BCUT2D eigenvalue weighted by molar-refractivity contribution is 5.30. The molecule has 4 aliphatic rings. The minimum Gasteiger partial charge on any atom is -0.393 e. The van der Waals surface area contributed by atoms with Crippen LogP contribution in [-0.2, 0) is 0 Å². The van der Waals surface area contributed by atoms with Crippen LogP contribution in [0.2, 0.25) is 0 Å². The van der Waals surface area contributed by atoms with Gasteiger partial charge in [0.25, 0.3) is 0 Å². The Morgan fingerprint density at radius 3 is 2.50 bits per heavy atom. The van der Waals surface area contributed by atoms with E-state index in [1.54, 1.807) is 0 Å². The number of hydrogen-bond donors (Lipinski definition) is 3. The quantitative estimate of drug-likeness (QED) is 0.473. The summed E-state index contributed by atoms with van der Waals surface area (Å²) < 4.78 is 0. The molecule has 3 unspecified atom stereocenters. The summed E-state index contributed by atoms with van der Waals surface area (Å²) in [5.41, 5.74) is 0.0145. The van der Waals surface area contributed by atoms with Gasteiger partial charge in [-0.1, -0.05) is 31.4 Å². The van der Waals surface area contributed by atoms with Crippen molar-refractivity contribution in [2.75, 3.05) is 0 Å². The third-order valence-electron chi connectivity index (χ3n) is 8.49. The molecular formula is C21H30O3. The van der Waals surface area contributed by atoms with Gasteiger partial charge in [-0.25, -0.2) is 0 Å². The van der Waals surface area contributed by atoms with Crippen LogP contribution in [0.4, 0.5) is 0 Å². The van der Waals surface area contributed by atoms with Crippen molar-refractivity contribution in [2.45, 2.75) is 76.6 Å². The Morgan fingerprint density at radius 1 is 1.08 bits per heavy atom. The molecule has 0 spiro atoms. The van der Waals surface area contributed by atoms with E-state index >= 15 is 0 Å². The van der Waals surface area contributed by atoms with Crippen molar-refractivity contribution in [3.63, 3.8) is 0 Å². The second-order valence-electron chi connectivity index (χ2n) is 9.29. The largest absolute Gasteiger partial charge is 0.393 e. The Balaban J connectivity index is 1.75. The van der Waals surface area contributed by atoms with Gasteiger partial charge in [-0.15, -0.1) is 6.42 Å². The van der Waals surface area contributed by atoms with E-state index in [2.05, 4.69) is 19.8 Å². The molecule has 0 aliphatic heterocycles. The van der Waals surface area contributed by atoms with Crippen LogP contribution in [0, 0.1) is 40.9 Å². The minimum absolute atomic E-state index is 0.0846. The molecule has 132 valence electrons. The van der Waals surface area contributed by atoms with Crippen molar-refractivity contribution >= 4 is 0 Å². The van der Waals surface area contributed by atoms with Gasteiger partial charge in [-0.2, -0.15) is 0 Å². The molecule has 8 atom stereocenters. The maximum atomic E-state index is 11.0. The molecule has 3 nitrogen and oxygen atoms in total. The van der Waals surface area contributed by atoms with Crippen molar-refractivity contribution in [1.82, 2.24) is 0 Å². The zero-order chi connectivity index (χ0) is 17.3. The third-order valence-corrected chi connectivity index (χ3v) is 8.49. The number of rotatable bonds is 0. The minimum atomic E-state index is -1.03.